The van der Waals surface area contributed by atoms with Gasteiger partial charge in [0.1, 0.15) is 5.75 Å². The lowest BCUT2D eigenvalue weighted by Gasteiger charge is -2.06. The number of benzene rings is 2. The van der Waals surface area contributed by atoms with Crippen LogP contribution in [-0.2, 0) is 4.79 Å². The van der Waals surface area contributed by atoms with Gasteiger partial charge in [-0.1, -0.05) is 17.7 Å². The van der Waals surface area contributed by atoms with E-state index in [-0.39, 0.29) is 5.91 Å². The summed E-state index contributed by atoms with van der Waals surface area (Å²) in [6.45, 7) is 2.08. The highest BCUT2D eigenvalue weighted by Crippen LogP contribution is 2.20. The molecule has 1 N–H and O–H groups in total. The molecule has 0 spiro atoms. The Hall–Kier alpha value is -1.94. The van der Waals surface area contributed by atoms with Crippen molar-refractivity contribution in [2.45, 2.75) is 24.7 Å². The lowest BCUT2D eigenvalue weighted by atomic mass is 10.2. The number of anilines is 1. The van der Waals surface area contributed by atoms with E-state index in [0.29, 0.717) is 6.42 Å². The largest absolute Gasteiger partial charge is 0.497 e. The van der Waals surface area contributed by atoms with E-state index in [1.54, 1.807) is 18.9 Å². The number of carbonyl (C=O) groups excluding carboxylic acids is 1. The number of ether oxygens (including phenoxy) is 1. The van der Waals surface area contributed by atoms with Crippen LogP contribution in [0.25, 0.3) is 0 Å². The minimum atomic E-state index is 0.0506. The maximum absolute atomic E-state index is 11.9. The first-order valence-corrected chi connectivity index (χ1v) is 8.29. The number of amides is 1. The zero-order chi connectivity index (χ0) is 15.8. The maximum atomic E-state index is 11.9. The van der Waals surface area contributed by atoms with Gasteiger partial charge in [-0.2, -0.15) is 0 Å². The zero-order valence-corrected chi connectivity index (χ0v) is 13.8. The fraction of sp³-hybridized carbons (Fsp3) is 0.278. The molecular formula is C18H21NO2S. The van der Waals surface area contributed by atoms with Gasteiger partial charge in [-0.05, 0) is 55.5 Å². The van der Waals surface area contributed by atoms with Gasteiger partial charge in [0, 0.05) is 17.0 Å². The number of methoxy groups -OCH3 is 1. The third-order valence-corrected chi connectivity index (χ3v) is 4.31. The number of thioether (sulfide) groups is 1. The lowest BCUT2D eigenvalue weighted by molar-refractivity contribution is -0.116. The summed E-state index contributed by atoms with van der Waals surface area (Å²) >= 11 is 1.79. The van der Waals surface area contributed by atoms with Crippen molar-refractivity contribution < 1.29 is 9.53 Å². The Kier molecular flexibility index (Phi) is 6.34. The summed E-state index contributed by atoms with van der Waals surface area (Å²) in [6, 6.07) is 15.8. The zero-order valence-electron chi connectivity index (χ0n) is 13.0. The van der Waals surface area contributed by atoms with Crippen molar-refractivity contribution in [3.8, 4) is 5.75 Å². The summed E-state index contributed by atoms with van der Waals surface area (Å²) < 4.78 is 5.09. The molecule has 0 radical (unpaired) electrons. The summed E-state index contributed by atoms with van der Waals surface area (Å²) in [7, 11) is 1.62. The van der Waals surface area contributed by atoms with E-state index in [1.807, 2.05) is 24.3 Å². The number of hydrogen-bond donors (Lipinski definition) is 1. The van der Waals surface area contributed by atoms with Crippen LogP contribution in [0.2, 0.25) is 0 Å². The van der Waals surface area contributed by atoms with Crippen molar-refractivity contribution in [2.24, 2.45) is 0 Å². The summed E-state index contributed by atoms with van der Waals surface area (Å²) in [5.41, 5.74) is 2.07. The van der Waals surface area contributed by atoms with Crippen LogP contribution in [0, 0.1) is 6.92 Å². The van der Waals surface area contributed by atoms with Gasteiger partial charge in [-0.25, -0.2) is 0 Å². The molecule has 0 atom stereocenters. The Morgan fingerprint density at radius 3 is 2.41 bits per heavy atom. The van der Waals surface area contributed by atoms with Crippen LogP contribution in [0.4, 0.5) is 5.69 Å². The van der Waals surface area contributed by atoms with Gasteiger partial charge in [0.25, 0.3) is 0 Å². The molecule has 4 heteroatoms. The minimum absolute atomic E-state index is 0.0506. The van der Waals surface area contributed by atoms with Crippen LogP contribution in [0.3, 0.4) is 0 Å². The monoisotopic (exact) mass is 315 g/mol. The van der Waals surface area contributed by atoms with Crippen molar-refractivity contribution in [3.63, 3.8) is 0 Å². The lowest BCUT2D eigenvalue weighted by Crippen LogP contribution is -2.11. The maximum Gasteiger partial charge on any atom is 0.224 e. The predicted molar refractivity (Wildman–Crippen MR) is 92.8 cm³/mol. The van der Waals surface area contributed by atoms with Crippen LogP contribution in [0.15, 0.2) is 53.4 Å². The second-order valence-corrected chi connectivity index (χ2v) is 6.21. The van der Waals surface area contributed by atoms with Crippen LogP contribution in [0.5, 0.6) is 5.75 Å². The molecule has 0 saturated carbocycles. The first-order valence-electron chi connectivity index (χ1n) is 7.31. The molecule has 0 saturated heterocycles. The van der Waals surface area contributed by atoms with E-state index >= 15 is 0 Å². The topological polar surface area (TPSA) is 38.3 Å². The van der Waals surface area contributed by atoms with E-state index in [0.717, 1.165) is 23.6 Å². The quantitative estimate of drug-likeness (QED) is 0.603. The molecule has 0 fully saturated rings. The van der Waals surface area contributed by atoms with Crippen molar-refractivity contribution >= 4 is 23.4 Å². The summed E-state index contributed by atoms with van der Waals surface area (Å²) in [5, 5.41) is 2.90. The summed E-state index contributed by atoms with van der Waals surface area (Å²) in [5.74, 6) is 1.78. The van der Waals surface area contributed by atoms with Crippen LogP contribution in [-0.4, -0.2) is 18.8 Å². The average molecular weight is 315 g/mol. The second-order valence-electron chi connectivity index (χ2n) is 5.04. The highest BCUT2D eigenvalue weighted by molar-refractivity contribution is 7.99. The number of hydrogen-bond acceptors (Lipinski definition) is 3. The molecule has 0 aromatic heterocycles. The van der Waals surface area contributed by atoms with Crippen molar-refractivity contribution in [3.05, 3.63) is 54.1 Å². The summed E-state index contributed by atoms with van der Waals surface area (Å²) in [4.78, 5) is 13.1. The highest BCUT2D eigenvalue weighted by Gasteiger charge is 2.03. The first-order chi connectivity index (χ1) is 10.7. The van der Waals surface area contributed by atoms with Crippen LogP contribution >= 0.6 is 11.8 Å². The first kappa shape index (κ1) is 16.4. The minimum Gasteiger partial charge on any atom is -0.497 e. The molecule has 2 rings (SSSR count). The Balaban J connectivity index is 1.67. The van der Waals surface area contributed by atoms with Crippen molar-refractivity contribution in [2.75, 3.05) is 18.2 Å². The van der Waals surface area contributed by atoms with Gasteiger partial charge >= 0.3 is 0 Å². The van der Waals surface area contributed by atoms with Crippen LogP contribution in [0.1, 0.15) is 18.4 Å². The molecule has 0 unspecified atom stereocenters. The molecular weight excluding hydrogens is 294 g/mol. The van der Waals surface area contributed by atoms with E-state index < -0.39 is 0 Å². The number of aryl methyl sites for hydroxylation is 1. The Labute approximate surface area is 136 Å². The van der Waals surface area contributed by atoms with E-state index in [4.69, 9.17) is 4.74 Å². The number of rotatable bonds is 7. The van der Waals surface area contributed by atoms with Gasteiger partial charge in [0.15, 0.2) is 0 Å². The van der Waals surface area contributed by atoms with Gasteiger partial charge in [0.05, 0.1) is 7.11 Å². The molecule has 0 aliphatic carbocycles. The highest BCUT2D eigenvalue weighted by atomic mass is 32.2. The average Bonchev–Trinajstić information content (AvgIpc) is 2.54. The van der Waals surface area contributed by atoms with Gasteiger partial charge in [0.2, 0.25) is 5.91 Å². The van der Waals surface area contributed by atoms with Crippen LogP contribution < -0.4 is 10.1 Å². The second kappa shape index (κ2) is 8.49. The molecule has 0 bridgehead atoms. The third kappa shape index (κ3) is 5.45. The molecule has 1 amide bonds. The molecule has 116 valence electrons. The molecule has 3 nitrogen and oxygen atoms in total. The van der Waals surface area contributed by atoms with E-state index in [9.17, 15) is 4.79 Å². The van der Waals surface area contributed by atoms with Gasteiger partial charge in [-0.3, -0.25) is 4.79 Å². The third-order valence-electron chi connectivity index (χ3n) is 3.21. The van der Waals surface area contributed by atoms with Gasteiger partial charge < -0.3 is 10.1 Å². The van der Waals surface area contributed by atoms with E-state index in [1.165, 1.54) is 10.5 Å². The SMILES string of the molecule is COc1ccc(NC(=O)CCCSc2ccc(C)cc2)cc1. The molecule has 0 heterocycles. The Bertz CT molecular complexity index is 593. The van der Waals surface area contributed by atoms with Crippen molar-refractivity contribution in [1.82, 2.24) is 0 Å². The van der Waals surface area contributed by atoms with Gasteiger partial charge in [-0.15, -0.1) is 11.8 Å². The summed E-state index contributed by atoms with van der Waals surface area (Å²) in [6.07, 6.45) is 1.39. The Morgan fingerprint density at radius 1 is 1.09 bits per heavy atom. The van der Waals surface area contributed by atoms with E-state index in [2.05, 4.69) is 36.5 Å². The molecule has 2 aromatic rings. The fourth-order valence-electron chi connectivity index (χ4n) is 1.96. The standard InChI is InChI=1S/C18H21NO2S/c1-14-5-11-17(12-6-14)22-13-3-4-18(20)19-15-7-9-16(21-2)10-8-15/h5-12H,3-4,13H2,1-2H3,(H,19,20). The number of nitrogens with one attached hydrogen (secondary N) is 1. The van der Waals surface area contributed by atoms with Crippen molar-refractivity contribution in [1.29, 1.82) is 0 Å². The smallest absolute Gasteiger partial charge is 0.224 e. The fourth-order valence-corrected chi connectivity index (χ4v) is 2.81. The molecule has 22 heavy (non-hydrogen) atoms. The predicted octanol–water partition coefficient (Wildman–Crippen LogP) is 4.51. The number of carbonyl (C=O) groups is 1. The molecule has 2 aromatic carbocycles. The Morgan fingerprint density at radius 2 is 1.77 bits per heavy atom. The molecule has 0 aliphatic rings. The molecule has 0 aliphatic heterocycles. The normalized spacial score (nSPS) is 10.3.